The highest BCUT2D eigenvalue weighted by Crippen LogP contribution is 2.47. The van der Waals surface area contributed by atoms with E-state index in [9.17, 15) is 27.2 Å². The maximum absolute atomic E-state index is 14.5. The van der Waals surface area contributed by atoms with E-state index in [0.717, 1.165) is 28.4 Å². The van der Waals surface area contributed by atoms with E-state index in [1.807, 2.05) is 92.9 Å². The summed E-state index contributed by atoms with van der Waals surface area (Å²) in [5, 5.41) is 0.0451. The second-order valence-electron chi connectivity index (χ2n) is 14.0. The molecule has 248 valence electrons. The Morgan fingerprint density at radius 3 is 2.04 bits per heavy atom. The van der Waals surface area contributed by atoms with Crippen molar-refractivity contribution < 1.29 is 22.1 Å². The lowest BCUT2D eigenvalue weighted by Crippen LogP contribution is -2.66. The van der Waals surface area contributed by atoms with Crippen molar-refractivity contribution in [1.82, 2.24) is 0 Å². The van der Waals surface area contributed by atoms with Gasteiger partial charge in [-0.1, -0.05) is 74.5 Å². The summed E-state index contributed by atoms with van der Waals surface area (Å²) in [6, 6.07) is 27.3. The van der Waals surface area contributed by atoms with Crippen molar-refractivity contribution in [2.45, 2.75) is 63.8 Å². The minimum absolute atomic E-state index is 0.00907. The molecule has 0 saturated carbocycles. The fraction of sp³-hybridized carbons (Fsp3) is 0.244. The Balaban J connectivity index is 1.36. The zero-order chi connectivity index (χ0) is 34.9. The van der Waals surface area contributed by atoms with Crippen LogP contribution < -0.4 is 26.2 Å². The molecule has 7 rings (SSSR count). The Labute approximate surface area is 281 Å². The molecule has 4 nitrogen and oxygen atoms in total. The van der Waals surface area contributed by atoms with Gasteiger partial charge in [-0.05, 0) is 61.4 Å². The Bertz CT molecular complexity index is 2300. The molecular formula is C41H35F4N2O2+. The highest BCUT2D eigenvalue weighted by atomic mass is 19.4. The molecule has 5 aromatic rings. The van der Waals surface area contributed by atoms with Gasteiger partial charge in [0.2, 0.25) is 16.5 Å². The first-order valence-corrected chi connectivity index (χ1v) is 16.2. The molecule has 2 heterocycles. The highest BCUT2D eigenvalue weighted by Gasteiger charge is 2.47. The first-order valence-electron chi connectivity index (χ1n) is 16.2. The Kier molecular flexibility index (Phi) is 7.61. The highest BCUT2D eigenvalue weighted by molar-refractivity contribution is 6.15. The average molecular weight is 664 g/mol. The van der Waals surface area contributed by atoms with Gasteiger partial charge in [0.1, 0.15) is 5.82 Å². The molecule has 2 aliphatic heterocycles. The average Bonchev–Trinajstić information content (AvgIpc) is 3.40. The van der Waals surface area contributed by atoms with Crippen LogP contribution in [0.15, 0.2) is 107 Å². The minimum atomic E-state index is -4.52. The fourth-order valence-corrected chi connectivity index (χ4v) is 7.49. The molecule has 1 unspecified atom stereocenters. The smallest absolute Gasteiger partial charge is 0.360 e. The van der Waals surface area contributed by atoms with E-state index < -0.39 is 39.5 Å². The van der Waals surface area contributed by atoms with Gasteiger partial charge in [-0.25, -0.2) is 4.39 Å². The van der Waals surface area contributed by atoms with E-state index in [0.29, 0.717) is 30.1 Å². The fourth-order valence-electron chi connectivity index (χ4n) is 7.49. The molecule has 2 aliphatic rings. The number of halogens is 4. The van der Waals surface area contributed by atoms with Gasteiger partial charge < -0.3 is 4.90 Å². The summed E-state index contributed by atoms with van der Waals surface area (Å²) in [5.74, 6) is -0.361. The molecule has 8 heteroatoms. The van der Waals surface area contributed by atoms with E-state index in [2.05, 4.69) is 4.90 Å². The molecule has 1 atom stereocenters. The van der Waals surface area contributed by atoms with E-state index >= 15 is 0 Å². The molecule has 0 saturated heterocycles. The van der Waals surface area contributed by atoms with E-state index in [1.165, 1.54) is 24.3 Å². The number of fused-ring (bicyclic) bond motifs is 2. The summed E-state index contributed by atoms with van der Waals surface area (Å²) in [6.07, 6.45) is -1.26. The number of anilines is 1. The lowest BCUT2D eigenvalue weighted by atomic mass is 9.79. The minimum Gasteiger partial charge on any atom is -0.360 e. The van der Waals surface area contributed by atoms with Crippen LogP contribution in [0.5, 0.6) is 0 Å². The molecule has 0 aromatic heterocycles. The normalized spacial score (nSPS) is 17.7. The molecule has 0 aliphatic carbocycles. The van der Waals surface area contributed by atoms with Crippen LogP contribution in [0.25, 0.3) is 12.2 Å². The summed E-state index contributed by atoms with van der Waals surface area (Å²) in [7, 11) is 0. The van der Waals surface area contributed by atoms with Gasteiger partial charge in [-0.3, -0.25) is 9.59 Å². The molecular weight excluding hydrogens is 628 g/mol. The summed E-state index contributed by atoms with van der Waals surface area (Å²) >= 11 is 0. The summed E-state index contributed by atoms with van der Waals surface area (Å²) < 4.78 is 57.8. The number of hydrogen-bond donors (Lipinski definition) is 0. The van der Waals surface area contributed by atoms with Gasteiger partial charge >= 0.3 is 6.18 Å². The van der Waals surface area contributed by atoms with E-state index in [-0.39, 0.29) is 16.3 Å². The number of benzene rings is 4. The van der Waals surface area contributed by atoms with Crippen molar-refractivity contribution in [2.75, 3.05) is 4.90 Å². The first kappa shape index (κ1) is 32.4. The van der Waals surface area contributed by atoms with Crippen molar-refractivity contribution >= 4 is 29.2 Å². The molecule has 0 amide bonds. The monoisotopic (exact) mass is 663 g/mol. The van der Waals surface area contributed by atoms with E-state index in [1.54, 1.807) is 18.2 Å². The number of alkyl halides is 3. The summed E-state index contributed by atoms with van der Waals surface area (Å²) in [4.78, 5) is 29.8. The lowest BCUT2D eigenvalue weighted by Gasteiger charge is -2.32. The second-order valence-corrected chi connectivity index (χ2v) is 14.0. The number of rotatable bonds is 6. The van der Waals surface area contributed by atoms with Crippen molar-refractivity contribution in [2.24, 2.45) is 0 Å². The van der Waals surface area contributed by atoms with E-state index in [4.69, 9.17) is 0 Å². The standard InChI is InChI=1S/C41H35F4N2O2/c1-39(2)31-19-27(41(43,44)45)15-17-33(31)46(23-25-11-7-5-8-12-25)35(39)21-29-37(48)30(38(29)49)22-36-40(3,4)32-20-28(42)16-18-34(32)47(36)24-26-13-9-6-10-14-26/h5-22,36H,23-24H2,1-4H3/q+1. The van der Waals surface area contributed by atoms with Crippen LogP contribution in [0.3, 0.4) is 0 Å². The quantitative estimate of drug-likeness (QED) is 0.151. The second kappa shape index (κ2) is 11.5. The Morgan fingerprint density at radius 2 is 1.41 bits per heavy atom. The van der Waals surface area contributed by atoms with Gasteiger partial charge in [-0.2, -0.15) is 17.7 Å². The zero-order valence-electron chi connectivity index (χ0n) is 27.6. The van der Waals surface area contributed by atoms with Crippen LogP contribution in [0.4, 0.5) is 28.9 Å². The predicted molar refractivity (Wildman–Crippen MR) is 185 cm³/mol. The van der Waals surface area contributed by atoms with Crippen LogP contribution in [0, 0.1) is 5.82 Å². The van der Waals surface area contributed by atoms with Crippen LogP contribution in [-0.2, 0) is 30.1 Å². The molecule has 49 heavy (non-hydrogen) atoms. The lowest BCUT2D eigenvalue weighted by molar-refractivity contribution is -0.454. The third-order valence-corrected chi connectivity index (χ3v) is 10.2. The van der Waals surface area contributed by atoms with Crippen LogP contribution >= 0.6 is 0 Å². The SMILES string of the molecule is CC1(C)C(C=c2c(=O)c(=CC3N(Cc4ccccc4)c4ccc(F)cc4C3(C)C)c2=O)=[N+](Cc2ccccc2)c2ccc(C(F)(F)F)cc21. The molecule has 5 aromatic carbocycles. The summed E-state index contributed by atoms with van der Waals surface area (Å²) in [6.45, 7) is 8.41. The molecule has 0 radical (unpaired) electrons. The third-order valence-electron chi connectivity index (χ3n) is 10.2. The Morgan fingerprint density at radius 1 is 0.776 bits per heavy atom. The number of hydrogen-bond acceptors (Lipinski definition) is 3. The molecule has 0 N–H and O–H groups in total. The molecule has 0 fully saturated rings. The topological polar surface area (TPSA) is 40.4 Å². The Hall–Kier alpha value is -5.11. The van der Waals surface area contributed by atoms with Crippen LogP contribution in [0.1, 0.15) is 55.5 Å². The van der Waals surface area contributed by atoms with Gasteiger partial charge in [-0.15, -0.1) is 0 Å². The van der Waals surface area contributed by atoms with Gasteiger partial charge in [0.15, 0.2) is 12.3 Å². The number of nitrogens with zero attached hydrogens (tertiary/aromatic N) is 2. The van der Waals surface area contributed by atoms with Crippen molar-refractivity contribution in [1.29, 1.82) is 0 Å². The zero-order valence-corrected chi connectivity index (χ0v) is 27.6. The molecule has 0 spiro atoms. The largest absolute Gasteiger partial charge is 0.416 e. The first-order chi connectivity index (χ1) is 23.2. The van der Waals surface area contributed by atoms with Gasteiger partial charge in [0.25, 0.3) is 0 Å². The van der Waals surface area contributed by atoms with Gasteiger partial charge in [0.05, 0.1) is 27.5 Å². The summed E-state index contributed by atoms with van der Waals surface area (Å²) in [5.41, 5.74) is 2.03. The molecule has 0 bridgehead atoms. The van der Waals surface area contributed by atoms with Crippen LogP contribution in [-0.4, -0.2) is 16.3 Å². The predicted octanol–water partition coefficient (Wildman–Crippen LogP) is 6.64. The van der Waals surface area contributed by atoms with Crippen molar-refractivity contribution in [3.63, 3.8) is 0 Å². The maximum atomic E-state index is 14.5. The third kappa shape index (κ3) is 5.43. The van der Waals surface area contributed by atoms with Crippen molar-refractivity contribution in [3.05, 3.63) is 162 Å². The van der Waals surface area contributed by atoms with Gasteiger partial charge in [0, 0.05) is 40.9 Å². The van der Waals surface area contributed by atoms with Crippen LogP contribution in [0.2, 0.25) is 0 Å². The maximum Gasteiger partial charge on any atom is 0.416 e. The van der Waals surface area contributed by atoms with Crippen molar-refractivity contribution in [3.8, 4) is 0 Å².